The number of imidazole rings is 1. The van der Waals surface area contributed by atoms with E-state index in [1.807, 2.05) is 60.9 Å². The van der Waals surface area contributed by atoms with E-state index in [4.69, 9.17) is 0 Å². The number of hydrogen-bond acceptors (Lipinski definition) is 5. The summed E-state index contributed by atoms with van der Waals surface area (Å²) in [4.78, 5) is 30.5. The maximum Gasteiger partial charge on any atom is 0.332 e. The van der Waals surface area contributed by atoms with Crippen molar-refractivity contribution in [2.75, 3.05) is 12.1 Å². The molecule has 0 saturated carbocycles. The molecule has 3 heterocycles. The van der Waals surface area contributed by atoms with Gasteiger partial charge in [-0.25, -0.2) is 9.80 Å². The molecule has 1 aromatic carbocycles. The van der Waals surface area contributed by atoms with Crippen LogP contribution in [0.25, 0.3) is 17.2 Å². The monoisotopic (exact) mass is 378 g/mol. The highest BCUT2D eigenvalue weighted by atomic mass is 16.2. The van der Waals surface area contributed by atoms with E-state index in [0.717, 1.165) is 11.3 Å². The molecule has 0 saturated heterocycles. The van der Waals surface area contributed by atoms with Gasteiger partial charge in [-0.3, -0.25) is 18.5 Å². The van der Waals surface area contributed by atoms with Crippen molar-refractivity contribution in [3.63, 3.8) is 0 Å². The molecule has 8 nitrogen and oxygen atoms in total. The summed E-state index contributed by atoms with van der Waals surface area (Å²) >= 11 is 0. The van der Waals surface area contributed by atoms with Gasteiger partial charge < -0.3 is 0 Å². The first-order valence-electron chi connectivity index (χ1n) is 9.12. The number of benzene rings is 1. The van der Waals surface area contributed by atoms with Crippen molar-refractivity contribution in [1.29, 1.82) is 0 Å². The van der Waals surface area contributed by atoms with Gasteiger partial charge in [-0.1, -0.05) is 42.5 Å². The molecule has 0 fully saturated rings. The Bertz CT molecular complexity index is 1230. The van der Waals surface area contributed by atoms with Gasteiger partial charge in [0, 0.05) is 20.6 Å². The van der Waals surface area contributed by atoms with Crippen molar-refractivity contribution >= 4 is 28.9 Å². The fourth-order valence-corrected chi connectivity index (χ4v) is 3.49. The Morgan fingerprint density at radius 1 is 1.14 bits per heavy atom. The Morgan fingerprint density at radius 3 is 2.57 bits per heavy atom. The van der Waals surface area contributed by atoms with Crippen LogP contribution in [-0.2, 0) is 13.6 Å². The van der Waals surface area contributed by atoms with Gasteiger partial charge in [0.1, 0.15) is 0 Å². The van der Waals surface area contributed by atoms with Crippen LogP contribution in [0.15, 0.2) is 51.1 Å². The lowest BCUT2D eigenvalue weighted by molar-refractivity contribution is 0.643. The van der Waals surface area contributed by atoms with E-state index in [2.05, 4.69) is 10.1 Å². The van der Waals surface area contributed by atoms with Crippen molar-refractivity contribution < 1.29 is 0 Å². The first-order chi connectivity index (χ1) is 13.4. The van der Waals surface area contributed by atoms with Crippen LogP contribution in [0.2, 0.25) is 0 Å². The zero-order valence-corrected chi connectivity index (χ0v) is 16.3. The average molecular weight is 378 g/mol. The fourth-order valence-electron chi connectivity index (χ4n) is 3.49. The van der Waals surface area contributed by atoms with Crippen LogP contribution in [0, 0.1) is 0 Å². The van der Waals surface area contributed by atoms with Gasteiger partial charge in [-0.15, -0.1) is 0 Å². The first kappa shape index (κ1) is 18.0. The lowest BCUT2D eigenvalue weighted by Crippen LogP contribution is -2.40. The van der Waals surface area contributed by atoms with Crippen LogP contribution in [0.1, 0.15) is 25.5 Å². The Morgan fingerprint density at radius 2 is 1.86 bits per heavy atom. The molecular weight excluding hydrogens is 356 g/mol. The SMILES string of the molecule is CC1=NN(C)c2nc3c(c(=O)n(C/C=C/c4ccccc4)c(=O)n3C)n2C1C. The highest BCUT2D eigenvalue weighted by Gasteiger charge is 2.28. The third kappa shape index (κ3) is 2.69. The number of nitrogens with zero attached hydrogens (tertiary/aromatic N) is 6. The number of aromatic nitrogens is 4. The summed E-state index contributed by atoms with van der Waals surface area (Å²) in [5.74, 6) is 0.553. The Balaban J connectivity index is 1.87. The fraction of sp³-hybridized carbons (Fsp3) is 0.300. The molecule has 4 rings (SSSR count). The zero-order valence-electron chi connectivity index (χ0n) is 16.3. The number of fused-ring (bicyclic) bond motifs is 3. The average Bonchev–Trinajstić information content (AvgIpc) is 3.10. The first-order valence-corrected chi connectivity index (χ1v) is 9.12. The second kappa shape index (κ2) is 6.63. The lowest BCUT2D eigenvalue weighted by atomic mass is 10.2. The molecule has 28 heavy (non-hydrogen) atoms. The standard InChI is InChI=1S/C20H22N6O2/c1-13-14(2)26-16-17(21-19(26)24(4)22-13)23(3)20(28)25(18(16)27)12-8-11-15-9-6-5-7-10-15/h5-11,14H,12H2,1-4H3/b11-8+. The largest absolute Gasteiger partial charge is 0.332 e. The Hall–Kier alpha value is -3.42. The van der Waals surface area contributed by atoms with Crippen LogP contribution < -0.4 is 16.3 Å². The van der Waals surface area contributed by atoms with Crippen molar-refractivity contribution in [3.05, 3.63) is 62.8 Å². The summed E-state index contributed by atoms with van der Waals surface area (Å²) in [5, 5.41) is 6.08. The summed E-state index contributed by atoms with van der Waals surface area (Å²) in [7, 11) is 3.42. The molecule has 0 radical (unpaired) electrons. The second-order valence-electron chi connectivity index (χ2n) is 6.97. The minimum atomic E-state index is -0.390. The third-order valence-corrected chi connectivity index (χ3v) is 5.14. The van der Waals surface area contributed by atoms with Crippen molar-refractivity contribution in [2.45, 2.75) is 26.4 Å². The van der Waals surface area contributed by atoms with E-state index in [1.165, 1.54) is 9.13 Å². The third-order valence-electron chi connectivity index (χ3n) is 5.14. The maximum absolute atomic E-state index is 13.2. The zero-order chi connectivity index (χ0) is 20.0. The van der Waals surface area contributed by atoms with Crippen molar-refractivity contribution in [3.8, 4) is 0 Å². The number of allylic oxidation sites excluding steroid dienone is 1. The highest BCUT2D eigenvalue weighted by molar-refractivity contribution is 5.90. The Kier molecular flexibility index (Phi) is 4.26. The van der Waals surface area contributed by atoms with Crippen LogP contribution in [0.3, 0.4) is 0 Å². The quantitative estimate of drug-likeness (QED) is 0.698. The smallest absolute Gasteiger partial charge is 0.294 e. The summed E-state index contributed by atoms with van der Waals surface area (Å²) in [5.41, 5.74) is 1.94. The second-order valence-corrected chi connectivity index (χ2v) is 6.97. The molecule has 144 valence electrons. The molecule has 2 aromatic heterocycles. The number of anilines is 1. The normalized spacial score (nSPS) is 16.6. The van der Waals surface area contributed by atoms with Gasteiger partial charge in [0.15, 0.2) is 11.2 Å². The predicted molar refractivity (Wildman–Crippen MR) is 111 cm³/mol. The highest BCUT2D eigenvalue weighted by Crippen LogP contribution is 2.28. The summed E-state index contributed by atoms with van der Waals surface area (Å²) in [6.45, 7) is 4.08. The topological polar surface area (TPSA) is 77.4 Å². The minimum Gasteiger partial charge on any atom is -0.294 e. The molecule has 0 amide bonds. The van der Waals surface area contributed by atoms with Gasteiger partial charge in [0.25, 0.3) is 5.56 Å². The van der Waals surface area contributed by atoms with Gasteiger partial charge in [-0.05, 0) is 19.4 Å². The van der Waals surface area contributed by atoms with Crippen molar-refractivity contribution in [1.82, 2.24) is 18.7 Å². The molecule has 1 unspecified atom stereocenters. The number of rotatable bonds is 3. The summed E-state index contributed by atoms with van der Waals surface area (Å²) < 4.78 is 4.52. The molecule has 8 heteroatoms. The predicted octanol–water partition coefficient (Wildman–Crippen LogP) is 2.00. The van der Waals surface area contributed by atoms with E-state index < -0.39 is 5.69 Å². The molecule has 0 N–H and O–H groups in total. The lowest BCUT2D eigenvalue weighted by Gasteiger charge is -2.26. The number of hydrazone groups is 1. The molecule has 1 atom stereocenters. The van der Waals surface area contributed by atoms with Gasteiger partial charge in [-0.2, -0.15) is 10.1 Å². The van der Waals surface area contributed by atoms with Crippen LogP contribution >= 0.6 is 0 Å². The molecule has 0 bridgehead atoms. The van der Waals surface area contributed by atoms with E-state index >= 15 is 0 Å². The number of hydrogen-bond donors (Lipinski definition) is 0. The molecule has 1 aliphatic rings. The van der Waals surface area contributed by atoms with Gasteiger partial charge in [0.05, 0.1) is 11.8 Å². The molecule has 0 aliphatic carbocycles. The van der Waals surface area contributed by atoms with E-state index in [9.17, 15) is 9.59 Å². The van der Waals surface area contributed by atoms with E-state index in [1.54, 1.807) is 19.1 Å². The van der Waals surface area contributed by atoms with E-state index in [-0.39, 0.29) is 18.1 Å². The number of aryl methyl sites for hydroxylation is 1. The van der Waals surface area contributed by atoms with Gasteiger partial charge in [0.2, 0.25) is 5.95 Å². The molecule has 3 aromatic rings. The van der Waals surface area contributed by atoms with Crippen LogP contribution in [-0.4, -0.2) is 31.4 Å². The molecule has 1 aliphatic heterocycles. The van der Waals surface area contributed by atoms with E-state index in [0.29, 0.717) is 17.1 Å². The summed E-state index contributed by atoms with van der Waals surface area (Å²) in [6.07, 6.45) is 3.72. The molecular formula is C20H22N6O2. The van der Waals surface area contributed by atoms with Crippen LogP contribution in [0.4, 0.5) is 5.95 Å². The summed E-state index contributed by atoms with van der Waals surface area (Å²) in [6, 6.07) is 9.64. The van der Waals surface area contributed by atoms with Crippen LogP contribution in [0.5, 0.6) is 0 Å². The molecule has 0 spiro atoms. The Labute approximate surface area is 161 Å². The minimum absolute atomic E-state index is 0.116. The van der Waals surface area contributed by atoms with Crippen molar-refractivity contribution in [2.24, 2.45) is 12.1 Å². The van der Waals surface area contributed by atoms with Gasteiger partial charge >= 0.3 is 5.69 Å². The maximum atomic E-state index is 13.2.